The smallest absolute Gasteiger partial charge is 0.216 e. The molecule has 0 aromatic carbocycles. The third kappa shape index (κ3) is 3.68. The van der Waals surface area contributed by atoms with E-state index in [1.165, 1.54) is 18.4 Å². The fourth-order valence-corrected chi connectivity index (χ4v) is 6.38. The van der Waals surface area contributed by atoms with E-state index >= 15 is 0 Å². The Hall–Kier alpha value is -1.59. The van der Waals surface area contributed by atoms with Gasteiger partial charge in [-0.1, -0.05) is 26.0 Å². The summed E-state index contributed by atoms with van der Waals surface area (Å²) in [5.74, 6) is 2.42. The molecule has 29 heavy (non-hydrogen) atoms. The molecule has 2 heterocycles. The number of ether oxygens (including phenoxy) is 4. The van der Waals surface area contributed by atoms with Crippen molar-refractivity contribution in [2.75, 3.05) is 20.3 Å². The van der Waals surface area contributed by atoms with Gasteiger partial charge in [0.1, 0.15) is 5.75 Å². The minimum atomic E-state index is -0.0856. The van der Waals surface area contributed by atoms with Gasteiger partial charge in [-0.3, -0.25) is 0 Å². The molecule has 160 valence electrons. The molecule has 0 N–H and O–H groups in total. The lowest BCUT2D eigenvalue weighted by Gasteiger charge is -2.62. The van der Waals surface area contributed by atoms with Gasteiger partial charge in [-0.15, -0.1) is 0 Å². The lowest BCUT2D eigenvalue weighted by Crippen LogP contribution is -2.61. The molecule has 1 aromatic rings. The number of nitrogens with zero attached hydrogens (tertiary/aromatic N) is 1. The molecule has 2 aliphatic carbocycles. The zero-order chi connectivity index (χ0) is 20.6. The molecule has 1 unspecified atom stereocenters. The number of allylic oxidation sites excluding steroid dienone is 1. The van der Waals surface area contributed by atoms with Crippen LogP contribution < -0.4 is 9.47 Å². The first kappa shape index (κ1) is 20.7. The Labute approximate surface area is 174 Å². The van der Waals surface area contributed by atoms with Gasteiger partial charge in [0, 0.05) is 17.7 Å². The van der Waals surface area contributed by atoms with Crippen molar-refractivity contribution in [2.45, 2.75) is 65.3 Å². The average molecular weight is 402 g/mol. The zero-order valence-electron chi connectivity index (χ0n) is 18.3. The first-order valence-corrected chi connectivity index (χ1v) is 10.9. The Morgan fingerprint density at radius 3 is 2.90 bits per heavy atom. The van der Waals surface area contributed by atoms with Crippen LogP contribution >= 0.6 is 0 Å². The van der Waals surface area contributed by atoms with E-state index in [0.29, 0.717) is 30.4 Å². The molecule has 1 aliphatic heterocycles. The Bertz CT molecular complexity index is 752. The normalized spacial score (nSPS) is 39.4. The molecule has 3 fully saturated rings. The monoisotopic (exact) mass is 401 g/mol. The Balaban J connectivity index is 1.47. The van der Waals surface area contributed by atoms with Gasteiger partial charge in [0.15, 0.2) is 6.29 Å². The fraction of sp³-hybridized carbons (Fsp3) is 0.708. The maximum Gasteiger partial charge on any atom is 0.216 e. The summed E-state index contributed by atoms with van der Waals surface area (Å²) in [6.07, 6.45) is 7.47. The molecule has 6 atom stereocenters. The highest BCUT2D eigenvalue weighted by molar-refractivity contribution is 5.26. The zero-order valence-corrected chi connectivity index (χ0v) is 18.3. The average Bonchev–Trinajstić information content (AvgIpc) is 2.71. The van der Waals surface area contributed by atoms with Crippen LogP contribution in [0.15, 0.2) is 30.5 Å². The number of hydrogen-bond donors (Lipinski definition) is 0. The molecule has 4 rings (SSSR count). The van der Waals surface area contributed by atoms with Crippen LogP contribution in [0, 0.1) is 22.7 Å². The standard InChI is InChI=1S/C24H35NO4/c1-16-6-7-20-23(3,11-8-21-24(20,4)15-28-17(2)29-21)19(16)10-13-27-18-9-12-25-22(14-18)26-5/h9,12,14,17,19-21H,1,6-8,10-11,13,15H2,2-5H3/t17-,19-,20?,21-,23+,24+/m1/s1. The number of pyridine rings is 1. The van der Waals surface area contributed by atoms with E-state index in [2.05, 4.69) is 25.4 Å². The van der Waals surface area contributed by atoms with Gasteiger partial charge in [0.25, 0.3) is 0 Å². The van der Waals surface area contributed by atoms with E-state index in [1.54, 1.807) is 13.3 Å². The second kappa shape index (κ2) is 7.92. The minimum Gasteiger partial charge on any atom is -0.493 e. The number of rotatable bonds is 5. The Morgan fingerprint density at radius 1 is 1.28 bits per heavy atom. The fourth-order valence-electron chi connectivity index (χ4n) is 6.38. The van der Waals surface area contributed by atoms with Gasteiger partial charge >= 0.3 is 0 Å². The predicted molar refractivity (Wildman–Crippen MR) is 112 cm³/mol. The van der Waals surface area contributed by atoms with Crippen molar-refractivity contribution < 1.29 is 18.9 Å². The van der Waals surface area contributed by atoms with E-state index in [9.17, 15) is 0 Å². The third-order valence-electron chi connectivity index (χ3n) is 7.89. The molecule has 5 nitrogen and oxygen atoms in total. The minimum absolute atomic E-state index is 0.0811. The summed E-state index contributed by atoms with van der Waals surface area (Å²) in [6, 6.07) is 3.72. The summed E-state index contributed by atoms with van der Waals surface area (Å²) in [4.78, 5) is 4.14. The summed E-state index contributed by atoms with van der Waals surface area (Å²) in [7, 11) is 1.62. The van der Waals surface area contributed by atoms with Crippen molar-refractivity contribution in [2.24, 2.45) is 22.7 Å². The molecular weight excluding hydrogens is 366 g/mol. The van der Waals surface area contributed by atoms with E-state index in [0.717, 1.165) is 31.6 Å². The van der Waals surface area contributed by atoms with Gasteiger partial charge in [-0.05, 0) is 62.3 Å². The molecule has 2 saturated carbocycles. The largest absolute Gasteiger partial charge is 0.493 e. The lowest BCUT2D eigenvalue weighted by atomic mass is 9.46. The lowest BCUT2D eigenvalue weighted by molar-refractivity contribution is -0.297. The molecule has 0 radical (unpaired) electrons. The van der Waals surface area contributed by atoms with Crippen LogP contribution in [0.2, 0.25) is 0 Å². The van der Waals surface area contributed by atoms with Crippen molar-refractivity contribution in [3.8, 4) is 11.6 Å². The maximum atomic E-state index is 6.22. The second-order valence-corrected chi connectivity index (χ2v) is 9.53. The van der Waals surface area contributed by atoms with Crippen LogP contribution in [0.5, 0.6) is 11.6 Å². The second-order valence-electron chi connectivity index (χ2n) is 9.53. The summed E-state index contributed by atoms with van der Waals surface area (Å²) in [6.45, 7) is 12.8. The maximum absolute atomic E-state index is 6.22. The molecule has 0 bridgehead atoms. The molecule has 3 aliphatic rings. The van der Waals surface area contributed by atoms with Crippen LogP contribution in [-0.4, -0.2) is 37.7 Å². The molecule has 1 aromatic heterocycles. The van der Waals surface area contributed by atoms with Crippen molar-refractivity contribution in [1.29, 1.82) is 0 Å². The number of aromatic nitrogens is 1. The Morgan fingerprint density at radius 2 is 2.10 bits per heavy atom. The van der Waals surface area contributed by atoms with Gasteiger partial charge < -0.3 is 18.9 Å². The molecule has 1 saturated heterocycles. The van der Waals surface area contributed by atoms with E-state index < -0.39 is 0 Å². The highest BCUT2D eigenvalue weighted by Gasteiger charge is 2.59. The highest BCUT2D eigenvalue weighted by atomic mass is 16.7. The molecule has 0 amide bonds. The van der Waals surface area contributed by atoms with Crippen LogP contribution in [0.3, 0.4) is 0 Å². The third-order valence-corrected chi connectivity index (χ3v) is 7.89. The van der Waals surface area contributed by atoms with Crippen molar-refractivity contribution in [3.05, 3.63) is 30.5 Å². The molecule has 0 spiro atoms. The quantitative estimate of drug-likeness (QED) is 0.649. The van der Waals surface area contributed by atoms with Crippen LogP contribution in [-0.2, 0) is 9.47 Å². The number of hydrogen-bond acceptors (Lipinski definition) is 5. The van der Waals surface area contributed by atoms with Gasteiger partial charge in [-0.25, -0.2) is 4.98 Å². The van der Waals surface area contributed by atoms with Crippen molar-refractivity contribution >= 4 is 0 Å². The van der Waals surface area contributed by atoms with Gasteiger partial charge in [0.2, 0.25) is 5.88 Å². The number of fused-ring (bicyclic) bond motifs is 3. The van der Waals surface area contributed by atoms with Crippen LogP contribution in [0.4, 0.5) is 0 Å². The Kier molecular flexibility index (Phi) is 5.64. The summed E-state index contributed by atoms with van der Waals surface area (Å²) in [5, 5.41) is 0. The highest BCUT2D eigenvalue weighted by Crippen LogP contribution is 2.63. The summed E-state index contributed by atoms with van der Waals surface area (Å²) < 4.78 is 23.5. The number of methoxy groups -OCH3 is 1. The topological polar surface area (TPSA) is 49.8 Å². The van der Waals surface area contributed by atoms with E-state index in [-0.39, 0.29) is 17.1 Å². The molecular formula is C24H35NO4. The SMILES string of the molecule is C=C1CCC2[C@]3(C)CO[C@@H](C)O[C@@H]3CC[C@@]2(C)[C@@H]1CCOc1ccnc(OC)c1. The van der Waals surface area contributed by atoms with Gasteiger partial charge in [0.05, 0.1) is 26.4 Å². The van der Waals surface area contributed by atoms with Crippen LogP contribution in [0.1, 0.15) is 52.9 Å². The van der Waals surface area contributed by atoms with Crippen molar-refractivity contribution in [3.63, 3.8) is 0 Å². The summed E-state index contributed by atoms with van der Waals surface area (Å²) >= 11 is 0. The van der Waals surface area contributed by atoms with Crippen molar-refractivity contribution in [1.82, 2.24) is 4.98 Å². The van der Waals surface area contributed by atoms with E-state index in [1.807, 2.05) is 19.1 Å². The first-order chi connectivity index (χ1) is 13.9. The predicted octanol–water partition coefficient (Wildman–Crippen LogP) is 5.01. The van der Waals surface area contributed by atoms with Crippen LogP contribution in [0.25, 0.3) is 0 Å². The summed E-state index contributed by atoms with van der Waals surface area (Å²) in [5.41, 5.74) is 1.68. The van der Waals surface area contributed by atoms with E-state index in [4.69, 9.17) is 18.9 Å². The first-order valence-electron chi connectivity index (χ1n) is 10.9. The van der Waals surface area contributed by atoms with Gasteiger partial charge in [-0.2, -0.15) is 0 Å². The molecule has 5 heteroatoms.